The predicted octanol–water partition coefficient (Wildman–Crippen LogP) is 4.00. The van der Waals surface area contributed by atoms with Gasteiger partial charge in [0, 0.05) is 16.0 Å². The highest BCUT2D eigenvalue weighted by Crippen LogP contribution is 2.32. The van der Waals surface area contributed by atoms with Crippen LogP contribution in [0.15, 0.2) is 48.5 Å². The van der Waals surface area contributed by atoms with E-state index in [9.17, 15) is 5.11 Å². The molecule has 4 rings (SSSR count). The van der Waals surface area contributed by atoms with Crippen molar-refractivity contribution in [2.75, 3.05) is 13.1 Å². The van der Waals surface area contributed by atoms with E-state index in [1.165, 1.54) is 33.1 Å². The summed E-state index contributed by atoms with van der Waals surface area (Å²) in [5, 5.41) is 10.7. The number of hydrogen-bond acceptors (Lipinski definition) is 2. The maximum Gasteiger partial charge on any atom is 0.0738 e. The summed E-state index contributed by atoms with van der Waals surface area (Å²) in [4.78, 5) is 2.53. The number of hydrogen-bond donors (Lipinski definition) is 1. The summed E-state index contributed by atoms with van der Waals surface area (Å²) >= 11 is 2.39. The van der Waals surface area contributed by atoms with E-state index < -0.39 is 0 Å². The number of halogens is 1. The Morgan fingerprint density at radius 3 is 2.42 bits per heavy atom. The largest absolute Gasteiger partial charge is 0.391 e. The summed E-state index contributed by atoms with van der Waals surface area (Å²) in [5.41, 5.74) is 4.24. The Morgan fingerprint density at radius 2 is 1.67 bits per heavy atom. The van der Waals surface area contributed by atoms with Gasteiger partial charge in [0.05, 0.1) is 6.10 Å². The standard InChI is InChI=1S/C21H24INO/c22-19-7-6-17-14-21(24)20(13-18(17)12-19)23-10-8-16(9-11-23)15-4-2-1-3-5-15/h1-7,12,16,20-21,24H,8-11,13-14H2/t20-,21-/m0/s1. The molecule has 2 nitrogen and oxygen atoms in total. The molecule has 24 heavy (non-hydrogen) atoms. The monoisotopic (exact) mass is 433 g/mol. The van der Waals surface area contributed by atoms with Crippen molar-refractivity contribution in [3.63, 3.8) is 0 Å². The lowest BCUT2D eigenvalue weighted by Crippen LogP contribution is -2.50. The lowest BCUT2D eigenvalue weighted by Gasteiger charge is -2.42. The summed E-state index contributed by atoms with van der Waals surface area (Å²) in [6.45, 7) is 2.20. The van der Waals surface area contributed by atoms with Crippen LogP contribution in [0, 0.1) is 3.57 Å². The van der Waals surface area contributed by atoms with Gasteiger partial charge in [-0.1, -0.05) is 36.4 Å². The molecule has 0 radical (unpaired) electrons. The van der Waals surface area contributed by atoms with Gasteiger partial charge in [-0.25, -0.2) is 0 Å². The number of benzene rings is 2. The molecule has 0 bridgehead atoms. The highest BCUT2D eigenvalue weighted by Gasteiger charge is 2.33. The van der Waals surface area contributed by atoms with E-state index in [0.717, 1.165) is 25.9 Å². The molecule has 0 spiro atoms. The second kappa shape index (κ2) is 7.14. The van der Waals surface area contributed by atoms with Crippen LogP contribution in [0.25, 0.3) is 0 Å². The average Bonchev–Trinajstić information content (AvgIpc) is 2.62. The molecule has 2 aromatic rings. The molecular weight excluding hydrogens is 409 g/mol. The quantitative estimate of drug-likeness (QED) is 0.724. The van der Waals surface area contributed by atoms with Gasteiger partial charge in [-0.15, -0.1) is 0 Å². The second-order valence-corrected chi connectivity index (χ2v) is 8.42. The van der Waals surface area contributed by atoms with Crippen LogP contribution in [0.2, 0.25) is 0 Å². The number of aliphatic hydroxyl groups excluding tert-OH is 1. The molecule has 2 aliphatic rings. The molecule has 3 heteroatoms. The van der Waals surface area contributed by atoms with Crippen LogP contribution in [0.3, 0.4) is 0 Å². The van der Waals surface area contributed by atoms with Crippen LogP contribution in [0.5, 0.6) is 0 Å². The number of piperidine rings is 1. The van der Waals surface area contributed by atoms with Crippen molar-refractivity contribution in [2.24, 2.45) is 0 Å². The minimum absolute atomic E-state index is 0.231. The highest BCUT2D eigenvalue weighted by atomic mass is 127. The van der Waals surface area contributed by atoms with Gasteiger partial charge in [-0.3, -0.25) is 4.90 Å². The first-order chi connectivity index (χ1) is 11.7. The van der Waals surface area contributed by atoms with Crippen LogP contribution in [-0.2, 0) is 12.8 Å². The number of rotatable bonds is 2. The minimum Gasteiger partial charge on any atom is -0.391 e. The normalized spacial score (nSPS) is 25.4. The van der Waals surface area contributed by atoms with Crippen LogP contribution in [0.4, 0.5) is 0 Å². The fourth-order valence-electron chi connectivity index (χ4n) is 4.37. The van der Waals surface area contributed by atoms with Crippen molar-refractivity contribution < 1.29 is 5.11 Å². The Labute approximate surface area is 158 Å². The molecule has 0 amide bonds. The molecule has 0 aromatic heterocycles. The first kappa shape index (κ1) is 16.6. The first-order valence-electron chi connectivity index (χ1n) is 8.95. The van der Waals surface area contributed by atoms with Crippen molar-refractivity contribution in [2.45, 2.75) is 43.7 Å². The molecule has 2 aromatic carbocycles. The van der Waals surface area contributed by atoms with Crippen LogP contribution < -0.4 is 0 Å². The van der Waals surface area contributed by atoms with E-state index in [0.29, 0.717) is 5.92 Å². The molecule has 1 saturated heterocycles. The molecule has 0 saturated carbocycles. The van der Waals surface area contributed by atoms with Crippen molar-refractivity contribution in [3.8, 4) is 0 Å². The molecule has 2 atom stereocenters. The van der Waals surface area contributed by atoms with E-state index in [4.69, 9.17) is 0 Å². The van der Waals surface area contributed by atoms with Gasteiger partial charge in [-0.2, -0.15) is 0 Å². The summed E-state index contributed by atoms with van der Waals surface area (Å²) < 4.78 is 1.30. The van der Waals surface area contributed by atoms with E-state index >= 15 is 0 Å². The smallest absolute Gasteiger partial charge is 0.0738 e. The molecule has 1 heterocycles. The topological polar surface area (TPSA) is 23.5 Å². The number of aliphatic hydroxyl groups is 1. The van der Waals surface area contributed by atoms with Crippen molar-refractivity contribution in [1.82, 2.24) is 4.90 Å². The maximum absolute atomic E-state index is 10.7. The Hall–Kier alpha value is -0.910. The molecule has 1 N–H and O–H groups in total. The minimum atomic E-state index is -0.231. The van der Waals surface area contributed by atoms with Gasteiger partial charge < -0.3 is 5.11 Å². The Kier molecular flexibility index (Phi) is 4.93. The van der Waals surface area contributed by atoms with Gasteiger partial charge in [0.25, 0.3) is 0 Å². The zero-order valence-corrected chi connectivity index (χ0v) is 16.0. The fourth-order valence-corrected chi connectivity index (χ4v) is 4.92. The Bertz CT molecular complexity index is 694. The summed E-state index contributed by atoms with van der Waals surface area (Å²) in [7, 11) is 0. The van der Waals surface area contributed by atoms with Crippen LogP contribution in [-0.4, -0.2) is 35.2 Å². The second-order valence-electron chi connectivity index (χ2n) is 7.18. The third-order valence-electron chi connectivity index (χ3n) is 5.74. The average molecular weight is 433 g/mol. The SMILES string of the molecule is O[C@H]1Cc2ccc(I)cc2C[C@@H]1N1CCC(c2ccccc2)CC1. The molecule has 0 unspecified atom stereocenters. The van der Waals surface area contributed by atoms with Gasteiger partial charge in [0.15, 0.2) is 0 Å². The highest BCUT2D eigenvalue weighted by molar-refractivity contribution is 14.1. The fraction of sp³-hybridized carbons (Fsp3) is 0.429. The summed E-state index contributed by atoms with van der Waals surface area (Å²) in [6.07, 6.45) is 3.96. The Morgan fingerprint density at radius 1 is 0.917 bits per heavy atom. The van der Waals surface area contributed by atoms with Gasteiger partial charge in [0.2, 0.25) is 0 Å². The third kappa shape index (κ3) is 3.39. The van der Waals surface area contributed by atoms with E-state index in [1.54, 1.807) is 0 Å². The van der Waals surface area contributed by atoms with Gasteiger partial charge in [-0.05, 0) is 89.7 Å². The number of likely N-dealkylation sites (tertiary alicyclic amines) is 1. The van der Waals surface area contributed by atoms with Crippen molar-refractivity contribution >= 4 is 22.6 Å². The number of nitrogens with zero attached hydrogens (tertiary/aromatic N) is 1. The number of fused-ring (bicyclic) bond motifs is 1. The van der Waals surface area contributed by atoms with Crippen molar-refractivity contribution in [3.05, 3.63) is 68.8 Å². The zero-order valence-electron chi connectivity index (χ0n) is 13.9. The predicted molar refractivity (Wildman–Crippen MR) is 106 cm³/mol. The molecule has 1 aliphatic heterocycles. The first-order valence-corrected chi connectivity index (χ1v) is 10.0. The lowest BCUT2D eigenvalue weighted by atomic mass is 9.83. The van der Waals surface area contributed by atoms with Gasteiger partial charge in [0.1, 0.15) is 0 Å². The molecular formula is C21H24INO. The zero-order chi connectivity index (χ0) is 16.5. The lowest BCUT2D eigenvalue weighted by molar-refractivity contribution is 0.0294. The maximum atomic E-state index is 10.7. The molecule has 126 valence electrons. The van der Waals surface area contributed by atoms with E-state index in [2.05, 4.69) is 76.0 Å². The van der Waals surface area contributed by atoms with E-state index in [-0.39, 0.29) is 12.1 Å². The van der Waals surface area contributed by atoms with Crippen molar-refractivity contribution in [1.29, 1.82) is 0 Å². The molecule has 1 aliphatic carbocycles. The summed E-state index contributed by atoms with van der Waals surface area (Å²) in [6, 6.07) is 17.8. The van der Waals surface area contributed by atoms with Crippen LogP contribution in [0.1, 0.15) is 35.4 Å². The Balaban J connectivity index is 1.44. The van der Waals surface area contributed by atoms with Gasteiger partial charge >= 0.3 is 0 Å². The van der Waals surface area contributed by atoms with E-state index in [1.807, 2.05) is 0 Å². The summed E-state index contributed by atoms with van der Waals surface area (Å²) in [5.74, 6) is 0.677. The third-order valence-corrected chi connectivity index (χ3v) is 6.41. The molecule has 1 fully saturated rings. The van der Waals surface area contributed by atoms with Crippen LogP contribution >= 0.6 is 22.6 Å².